The summed E-state index contributed by atoms with van der Waals surface area (Å²) in [5.74, 6) is 0.775. The van der Waals surface area contributed by atoms with Gasteiger partial charge in [-0.25, -0.2) is 4.79 Å². The Hall–Kier alpha value is -1.90. The molecule has 2 saturated heterocycles. The minimum absolute atomic E-state index is 0.121. The van der Waals surface area contributed by atoms with Crippen LogP contribution in [0.2, 0.25) is 0 Å². The molecule has 1 amide bonds. The third-order valence-corrected chi connectivity index (χ3v) is 7.58. The third kappa shape index (κ3) is 4.87. The largest absolute Gasteiger partial charge is 0.460 e. The van der Waals surface area contributed by atoms with Gasteiger partial charge in [-0.2, -0.15) is 0 Å². The fraction of sp³-hybridized carbons (Fsp3) is 0.750. The number of nitrogens with zero attached hydrogens (tertiary/aromatic N) is 2. The summed E-state index contributed by atoms with van der Waals surface area (Å²) in [6, 6.07) is 3.89. The smallest absolute Gasteiger partial charge is 0.374 e. The first-order valence-corrected chi connectivity index (χ1v) is 12.1. The predicted molar refractivity (Wildman–Crippen MR) is 119 cm³/mol. The summed E-state index contributed by atoms with van der Waals surface area (Å²) < 4.78 is 16.1. The number of carbonyl (C=O) groups is 2. The molecular formula is C24H37N3O5. The molecule has 1 N–H and O–H groups in total. The van der Waals surface area contributed by atoms with Gasteiger partial charge in [-0.15, -0.1) is 0 Å². The maximum atomic E-state index is 13.6. The van der Waals surface area contributed by atoms with Gasteiger partial charge in [0.05, 0.1) is 31.8 Å². The van der Waals surface area contributed by atoms with Crippen LogP contribution in [0.4, 0.5) is 0 Å². The Labute approximate surface area is 190 Å². The van der Waals surface area contributed by atoms with E-state index in [4.69, 9.17) is 13.9 Å². The highest BCUT2D eigenvalue weighted by atomic mass is 16.5. The van der Waals surface area contributed by atoms with Gasteiger partial charge in [0.25, 0.3) is 0 Å². The number of piperidine rings is 1. The molecule has 1 saturated carbocycles. The first-order chi connectivity index (χ1) is 15.6. The number of nitrogens with one attached hydrogen (secondary N) is 1. The van der Waals surface area contributed by atoms with E-state index in [1.165, 1.54) is 0 Å². The van der Waals surface area contributed by atoms with Gasteiger partial charge in [-0.3, -0.25) is 9.69 Å². The molecule has 3 fully saturated rings. The molecule has 0 aromatic carbocycles. The molecule has 0 unspecified atom stereocenters. The lowest BCUT2D eigenvalue weighted by atomic mass is 9.61. The molecule has 3 aliphatic rings. The molecule has 8 heteroatoms. The van der Waals surface area contributed by atoms with E-state index in [1.54, 1.807) is 19.1 Å². The predicted octanol–water partition coefficient (Wildman–Crippen LogP) is 2.29. The van der Waals surface area contributed by atoms with Crippen LogP contribution in [-0.4, -0.2) is 80.3 Å². The van der Waals surface area contributed by atoms with Crippen molar-refractivity contribution in [2.45, 2.75) is 52.1 Å². The van der Waals surface area contributed by atoms with E-state index in [0.717, 1.165) is 71.6 Å². The molecular weight excluding hydrogens is 410 g/mol. The fourth-order valence-corrected chi connectivity index (χ4v) is 5.76. The van der Waals surface area contributed by atoms with E-state index >= 15 is 0 Å². The van der Waals surface area contributed by atoms with Crippen LogP contribution in [-0.2, 0) is 20.8 Å². The van der Waals surface area contributed by atoms with Crippen molar-refractivity contribution in [3.63, 3.8) is 0 Å². The third-order valence-electron chi connectivity index (χ3n) is 7.58. The van der Waals surface area contributed by atoms with Crippen LogP contribution < -0.4 is 5.32 Å². The zero-order valence-corrected chi connectivity index (χ0v) is 19.4. The second kappa shape index (κ2) is 10.4. The van der Waals surface area contributed by atoms with Gasteiger partial charge in [0.1, 0.15) is 5.76 Å². The number of amides is 1. The Morgan fingerprint density at radius 2 is 2.00 bits per heavy atom. The first-order valence-electron chi connectivity index (χ1n) is 12.1. The number of fused-ring (bicyclic) bond motifs is 1. The highest BCUT2D eigenvalue weighted by Crippen LogP contribution is 2.47. The molecule has 2 aliphatic heterocycles. The molecule has 8 nitrogen and oxygen atoms in total. The Kier molecular flexibility index (Phi) is 7.53. The molecule has 3 atom stereocenters. The van der Waals surface area contributed by atoms with Crippen molar-refractivity contribution in [1.29, 1.82) is 0 Å². The molecule has 1 aromatic heterocycles. The van der Waals surface area contributed by atoms with Gasteiger partial charge in [0.2, 0.25) is 11.7 Å². The number of morpholine rings is 1. The van der Waals surface area contributed by atoms with Crippen LogP contribution in [0.1, 0.15) is 55.8 Å². The summed E-state index contributed by atoms with van der Waals surface area (Å²) in [6.07, 6.45) is 4.11. The summed E-state index contributed by atoms with van der Waals surface area (Å²) in [5.41, 5.74) is -0.354. The lowest BCUT2D eigenvalue weighted by Gasteiger charge is -2.53. The van der Waals surface area contributed by atoms with Crippen molar-refractivity contribution in [2.75, 3.05) is 52.5 Å². The molecule has 1 aromatic rings. The highest BCUT2D eigenvalue weighted by Gasteiger charge is 2.52. The Balaban J connectivity index is 1.42. The average molecular weight is 448 g/mol. The maximum Gasteiger partial charge on any atom is 0.374 e. The van der Waals surface area contributed by atoms with E-state index in [9.17, 15) is 9.59 Å². The standard InChI is InChI=1S/C24H37N3O5/c1-3-26-10-8-18-15-19(27-11-13-30-14-12-27)7-9-24(18,17-26)23(29)25-16-20-5-6-21(32-20)22(28)31-4-2/h5-6,18-19H,3-4,7-17H2,1-2H3,(H,25,29)/t18-,19+,24-/m1/s1. The highest BCUT2D eigenvalue weighted by molar-refractivity contribution is 5.86. The van der Waals surface area contributed by atoms with Crippen LogP contribution in [0, 0.1) is 11.3 Å². The van der Waals surface area contributed by atoms with Crippen molar-refractivity contribution in [2.24, 2.45) is 11.3 Å². The number of hydrogen-bond donors (Lipinski definition) is 1. The van der Waals surface area contributed by atoms with Crippen molar-refractivity contribution < 1.29 is 23.5 Å². The van der Waals surface area contributed by atoms with Gasteiger partial charge < -0.3 is 24.1 Å². The van der Waals surface area contributed by atoms with Gasteiger partial charge in [-0.05, 0) is 63.7 Å². The molecule has 1 aliphatic carbocycles. The molecule has 0 radical (unpaired) electrons. The quantitative estimate of drug-likeness (QED) is 0.642. The Morgan fingerprint density at radius 3 is 2.75 bits per heavy atom. The SMILES string of the molecule is CCOC(=O)c1ccc(CNC(=O)[C@@]23CC[C@H](N4CCOCC4)C[C@H]2CCN(CC)C3)o1. The normalized spacial score (nSPS) is 29.3. The second-order valence-electron chi connectivity index (χ2n) is 9.26. The molecule has 32 heavy (non-hydrogen) atoms. The van der Waals surface area contributed by atoms with E-state index in [2.05, 4.69) is 22.0 Å². The van der Waals surface area contributed by atoms with E-state index in [0.29, 0.717) is 24.3 Å². The number of ether oxygens (including phenoxy) is 2. The topological polar surface area (TPSA) is 84.2 Å². The first kappa shape index (κ1) is 23.3. The maximum absolute atomic E-state index is 13.6. The van der Waals surface area contributed by atoms with Crippen molar-refractivity contribution >= 4 is 11.9 Å². The lowest BCUT2D eigenvalue weighted by molar-refractivity contribution is -0.145. The molecule has 0 bridgehead atoms. The van der Waals surface area contributed by atoms with Gasteiger partial charge in [0, 0.05) is 25.7 Å². The van der Waals surface area contributed by atoms with Crippen LogP contribution in [0.25, 0.3) is 0 Å². The molecule has 4 rings (SSSR count). The minimum Gasteiger partial charge on any atom is -0.460 e. The zero-order chi connectivity index (χ0) is 22.6. The molecule has 3 heterocycles. The van der Waals surface area contributed by atoms with Crippen LogP contribution in [0.3, 0.4) is 0 Å². The number of rotatable bonds is 7. The van der Waals surface area contributed by atoms with Crippen LogP contribution in [0.15, 0.2) is 16.5 Å². The van der Waals surface area contributed by atoms with E-state index < -0.39 is 5.97 Å². The number of likely N-dealkylation sites (tertiary alicyclic amines) is 1. The van der Waals surface area contributed by atoms with Crippen LogP contribution in [0.5, 0.6) is 0 Å². The Morgan fingerprint density at radius 1 is 1.19 bits per heavy atom. The van der Waals surface area contributed by atoms with Crippen LogP contribution >= 0.6 is 0 Å². The molecule has 178 valence electrons. The van der Waals surface area contributed by atoms with E-state index in [1.807, 2.05) is 0 Å². The number of hydrogen-bond acceptors (Lipinski definition) is 7. The summed E-state index contributed by atoms with van der Waals surface area (Å²) in [4.78, 5) is 30.4. The lowest BCUT2D eigenvalue weighted by Crippen LogP contribution is -2.60. The van der Waals surface area contributed by atoms with Gasteiger partial charge in [-0.1, -0.05) is 6.92 Å². The summed E-state index contributed by atoms with van der Waals surface area (Å²) in [6.45, 7) is 11.0. The van der Waals surface area contributed by atoms with Crippen molar-refractivity contribution in [3.8, 4) is 0 Å². The molecule has 0 spiro atoms. The zero-order valence-electron chi connectivity index (χ0n) is 19.4. The summed E-state index contributed by atoms with van der Waals surface area (Å²) >= 11 is 0. The second-order valence-corrected chi connectivity index (χ2v) is 9.26. The number of carbonyl (C=O) groups excluding carboxylic acids is 2. The monoisotopic (exact) mass is 447 g/mol. The number of esters is 1. The van der Waals surface area contributed by atoms with Gasteiger partial charge in [0.15, 0.2) is 0 Å². The van der Waals surface area contributed by atoms with Gasteiger partial charge >= 0.3 is 5.97 Å². The number of furan rings is 1. The average Bonchev–Trinajstić information content (AvgIpc) is 3.31. The summed E-state index contributed by atoms with van der Waals surface area (Å²) in [7, 11) is 0. The minimum atomic E-state index is -0.476. The fourth-order valence-electron chi connectivity index (χ4n) is 5.76. The van der Waals surface area contributed by atoms with E-state index in [-0.39, 0.29) is 23.6 Å². The summed E-state index contributed by atoms with van der Waals surface area (Å²) in [5, 5.41) is 3.14. The van der Waals surface area contributed by atoms with Crippen molar-refractivity contribution in [1.82, 2.24) is 15.1 Å². The van der Waals surface area contributed by atoms with Crippen molar-refractivity contribution in [3.05, 3.63) is 23.7 Å². The Bertz CT molecular complexity index is 790.